The lowest BCUT2D eigenvalue weighted by atomic mass is 10.0. The van der Waals surface area contributed by atoms with Gasteiger partial charge in [-0.15, -0.1) is 0 Å². The second-order valence-electron chi connectivity index (χ2n) is 4.89. The normalized spacial score (nSPS) is 12.5. The van der Waals surface area contributed by atoms with Crippen LogP contribution in [0, 0.1) is 11.6 Å². The van der Waals surface area contributed by atoms with Crippen LogP contribution < -0.4 is 10.5 Å². The Labute approximate surface area is 126 Å². The van der Waals surface area contributed by atoms with E-state index in [1.807, 2.05) is 13.8 Å². The minimum absolute atomic E-state index is 0.0143. The third-order valence-corrected chi connectivity index (χ3v) is 3.13. The molecule has 0 aliphatic heterocycles. The Bertz CT molecular complexity index is 650. The fraction of sp³-hybridized carbons (Fsp3) is 0.267. The maximum Gasteiger partial charge on any atom is 0.142 e. The monoisotopic (exact) mass is 312 g/mol. The van der Waals surface area contributed by atoms with E-state index in [2.05, 4.69) is 4.98 Å². The van der Waals surface area contributed by atoms with Gasteiger partial charge >= 0.3 is 0 Å². The van der Waals surface area contributed by atoms with Crippen molar-refractivity contribution in [1.29, 1.82) is 0 Å². The summed E-state index contributed by atoms with van der Waals surface area (Å²) in [6, 6.07) is 2.70. The second kappa shape index (κ2) is 6.37. The van der Waals surface area contributed by atoms with Crippen LogP contribution in [0.3, 0.4) is 0 Å². The SMILES string of the molecule is CC(C)Oc1cncc(C(N)c2cc(F)c(Cl)cc2F)c1. The quantitative estimate of drug-likeness (QED) is 0.872. The molecule has 1 aromatic carbocycles. The zero-order valence-electron chi connectivity index (χ0n) is 11.6. The summed E-state index contributed by atoms with van der Waals surface area (Å²) >= 11 is 5.53. The summed E-state index contributed by atoms with van der Waals surface area (Å²) in [5, 5.41) is -0.279. The van der Waals surface area contributed by atoms with Crippen molar-refractivity contribution in [2.45, 2.75) is 26.0 Å². The van der Waals surface area contributed by atoms with Gasteiger partial charge in [0.15, 0.2) is 0 Å². The fourth-order valence-electron chi connectivity index (χ4n) is 1.90. The molecule has 1 aromatic heterocycles. The molecule has 0 amide bonds. The Morgan fingerprint density at radius 1 is 1.14 bits per heavy atom. The molecule has 0 spiro atoms. The first-order chi connectivity index (χ1) is 9.88. The van der Waals surface area contributed by atoms with E-state index >= 15 is 0 Å². The van der Waals surface area contributed by atoms with E-state index in [0.29, 0.717) is 11.3 Å². The van der Waals surface area contributed by atoms with Crippen LogP contribution in [0.15, 0.2) is 30.6 Å². The molecule has 2 rings (SSSR count). The van der Waals surface area contributed by atoms with E-state index in [1.54, 1.807) is 6.07 Å². The molecule has 2 N–H and O–H groups in total. The predicted octanol–water partition coefficient (Wildman–Crippen LogP) is 3.85. The number of halogens is 3. The largest absolute Gasteiger partial charge is 0.489 e. The number of hydrogen-bond acceptors (Lipinski definition) is 3. The summed E-state index contributed by atoms with van der Waals surface area (Å²) in [5.74, 6) is -0.858. The van der Waals surface area contributed by atoms with Crippen molar-refractivity contribution in [3.8, 4) is 5.75 Å². The molecule has 1 unspecified atom stereocenters. The number of nitrogens with two attached hydrogens (primary N) is 1. The lowest BCUT2D eigenvalue weighted by molar-refractivity contribution is 0.241. The van der Waals surface area contributed by atoms with Gasteiger partial charge in [0, 0.05) is 11.8 Å². The molecule has 0 bridgehead atoms. The Kier molecular flexibility index (Phi) is 4.75. The predicted molar refractivity (Wildman–Crippen MR) is 77.4 cm³/mol. The van der Waals surface area contributed by atoms with Gasteiger partial charge in [-0.2, -0.15) is 0 Å². The minimum atomic E-state index is -0.861. The van der Waals surface area contributed by atoms with Crippen molar-refractivity contribution in [3.63, 3.8) is 0 Å². The van der Waals surface area contributed by atoms with Gasteiger partial charge in [-0.1, -0.05) is 11.6 Å². The number of ether oxygens (including phenoxy) is 1. The van der Waals surface area contributed by atoms with Crippen LogP contribution in [0.5, 0.6) is 5.75 Å². The fourth-order valence-corrected chi connectivity index (χ4v) is 2.05. The van der Waals surface area contributed by atoms with Crippen molar-refractivity contribution in [1.82, 2.24) is 4.98 Å². The molecular weight excluding hydrogens is 298 g/mol. The third-order valence-electron chi connectivity index (χ3n) is 2.84. The summed E-state index contributed by atoms with van der Waals surface area (Å²) in [6.07, 6.45) is 3.00. The third kappa shape index (κ3) is 3.68. The first-order valence-corrected chi connectivity index (χ1v) is 6.78. The smallest absolute Gasteiger partial charge is 0.142 e. The van der Waals surface area contributed by atoms with Crippen molar-refractivity contribution >= 4 is 11.6 Å². The minimum Gasteiger partial charge on any atom is -0.489 e. The van der Waals surface area contributed by atoms with Gasteiger partial charge < -0.3 is 10.5 Å². The Hall–Kier alpha value is -1.72. The van der Waals surface area contributed by atoms with Gasteiger partial charge in [0.1, 0.15) is 17.4 Å². The molecule has 2 aromatic rings. The first-order valence-electron chi connectivity index (χ1n) is 6.40. The van der Waals surface area contributed by atoms with Crippen molar-refractivity contribution in [2.75, 3.05) is 0 Å². The van der Waals surface area contributed by atoms with Gasteiger partial charge in [-0.05, 0) is 37.6 Å². The summed E-state index contributed by atoms with van der Waals surface area (Å²) in [6.45, 7) is 3.75. The zero-order chi connectivity index (χ0) is 15.6. The number of nitrogens with zero attached hydrogens (tertiary/aromatic N) is 1. The summed E-state index contributed by atoms with van der Waals surface area (Å²) in [7, 11) is 0. The molecule has 0 saturated carbocycles. The van der Waals surface area contributed by atoms with Crippen LogP contribution in [-0.2, 0) is 0 Å². The molecule has 112 valence electrons. The average molecular weight is 313 g/mol. The number of pyridine rings is 1. The van der Waals surface area contributed by atoms with Gasteiger partial charge in [0.25, 0.3) is 0 Å². The van der Waals surface area contributed by atoms with E-state index in [4.69, 9.17) is 22.1 Å². The van der Waals surface area contributed by atoms with Crippen LogP contribution in [0.2, 0.25) is 5.02 Å². The van der Waals surface area contributed by atoms with Crippen molar-refractivity contribution < 1.29 is 13.5 Å². The summed E-state index contributed by atoms with van der Waals surface area (Å²) < 4.78 is 32.9. The van der Waals surface area contributed by atoms with E-state index in [1.165, 1.54) is 12.4 Å². The molecule has 0 saturated heterocycles. The van der Waals surface area contributed by atoms with Crippen LogP contribution in [0.25, 0.3) is 0 Å². The van der Waals surface area contributed by atoms with Crippen LogP contribution >= 0.6 is 11.6 Å². The van der Waals surface area contributed by atoms with E-state index in [9.17, 15) is 8.78 Å². The maximum absolute atomic E-state index is 13.9. The molecule has 1 heterocycles. The standard InChI is InChI=1S/C15H15ClF2N2O/c1-8(2)21-10-3-9(6-20-7-10)15(19)11-4-14(18)12(16)5-13(11)17/h3-8,15H,19H2,1-2H3. The Morgan fingerprint density at radius 3 is 2.52 bits per heavy atom. The topological polar surface area (TPSA) is 48.1 Å². The van der Waals surface area contributed by atoms with Gasteiger partial charge in [0.2, 0.25) is 0 Å². The lowest BCUT2D eigenvalue weighted by Crippen LogP contribution is -2.15. The summed E-state index contributed by atoms with van der Waals surface area (Å²) in [5.41, 5.74) is 6.53. The van der Waals surface area contributed by atoms with E-state index in [-0.39, 0.29) is 16.7 Å². The lowest BCUT2D eigenvalue weighted by Gasteiger charge is -2.16. The highest BCUT2D eigenvalue weighted by molar-refractivity contribution is 6.30. The van der Waals surface area contributed by atoms with E-state index < -0.39 is 17.7 Å². The van der Waals surface area contributed by atoms with Gasteiger partial charge in [0.05, 0.1) is 23.4 Å². The molecular formula is C15H15ClF2N2O. The molecule has 6 heteroatoms. The Balaban J connectivity index is 2.36. The maximum atomic E-state index is 13.9. The van der Waals surface area contributed by atoms with Gasteiger partial charge in [-0.25, -0.2) is 8.78 Å². The molecule has 21 heavy (non-hydrogen) atoms. The zero-order valence-corrected chi connectivity index (χ0v) is 12.4. The highest BCUT2D eigenvalue weighted by atomic mass is 35.5. The number of benzene rings is 1. The number of hydrogen-bond donors (Lipinski definition) is 1. The molecule has 3 nitrogen and oxygen atoms in total. The van der Waals surface area contributed by atoms with Crippen molar-refractivity contribution in [3.05, 3.63) is 58.4 Å². The summed E-state index contributed by atoms with van der Waals surface area (Å²) in [4.78, 5) is 4.01. The van der Waals surface area contributed by atoms with Crippen LogP contribution in [0.1, 0.15) is 31.0 Å². The highest BCUT2D eigenvalue weighted by Crippen LogP contribution is 2.28. The average Bonchev–Trinajstić information content (AvgIpc) is 2.41. The molecule has 0 fully saturated rings. The Morgan fingerprint density at radius 2 is 1.86 bits per heavy atom. The van der Waals surface area contributed by atoms with Crippen molar-refractivity contribution in [2.24, 2.45) is 5.73 Å². The second-order valence-corrected chi connectivity index (χ2v) is 5.29. The molecule has 1 atom stereocenters. The number of rotatable bonds is 4. The van der Waals surface area contributed by atoms with E-state index in [0.717, 1.165) is 12.1 Å². The van der Waals surface area contributed by atoms with Gasteiger partial charge in [-0.3, -0.25) is 4.98 Å². The number of aromatic nitrogens is 1. The first kappa shape index (κ1) is 15.7. The highest BCUT2D eigenvalue weighted by Gasteiger charge is 2.17. The molecule has 0 aliphatic rings. The van der Waals surface area contributed by atoms with Crippen LogP contribution in [0.4, 0.5) is 8.78 Å². The molecule has 0 aliphatic carbocycles. The molecule has 0 radical (unpaired) electrons. The van der Waals surface area contributed by atoms with Crippen LogP contribution in [-0.4, -0.2) is 11.1 Å².